The van der Waals surface area contributed by atoms with Crippen LogP contribution in [0.2, 0.25) is 0 Å². The Morgan fingerprint density at radius 2 is 1.50 bits per heavy atom. The van der Waals surface area contributed by atoms with Crippen LogP contribution in [0, 0.1) is 0 Å². The molecule has 0 radical (unpaired) electrons. The number of ether oxygens (including phenoxy) is 2. The Morgan fingerprint density at radius 3 is 1.80 bits per heavy atom. The van der Waals surface area contributed by atoms with Gasteiger partial charge in [-0.3, -0.25) is 0 Å². The van der Waals surface area contributed by atoms with E-state index in [9.17, 15) is 0 Å². The summed E-state index contributed by atoms with van der Waals surface area (Å²) >= 11 is 0. The van der Waals surface area contributed by atoms with Crippen LogP contribution in [-0.2, 0) is 0 Å². The Hall–Kier alpha value is -1.18. The summed E-state index contributed by atoms with van der Waals surface area (Å²) in [6, 6.07) is 3.18. The van der Waals surface area contributed by atoms with Gasteiger partial charge in [0.05, 0.1) is 17.0 Å². The highest BCUT2D eigenvalue weighted by Gasteiger charge is 1.97. The summed E-state index contributed by atoms with van der Waals surface area (Å²) in [5, 5.41) is 0. The lowest BCUT2D eigenvalue weighted by molar-refractivity contribution is 0.355. The van der Waals surface area contributed by atoms with Gasteiger partial charge in [-0.15, -0.1) is 0 Å². The second kappa shape index (κ2) is 3.11. The quantitative estimate of drug-likeness (QED) is 0.622. The summed E-state index contributed by atoms with van der Waals surface area (Å²) < 4.78 is 24.5. The van der Waals surface area contributed by atoms with Crippen molar-refractivity contribution in [2.75, 3.05) is 14.2 Å². The van der Waals surface area contributed by atoms with Gasteiger partial charge >= 0.3 is 0 Å². The lowest BCUT2D eigenvalue weighted by Gasteiger charge is -2.04. The number of hydrogen-bond donors (Lipinski definition) is 0. The predicted molar refractivity (Wildman–Crippen MR) is 39.5 cm³/mol. The fourth-order valence-corrected chi connectivity index (χ4v) is 0.676. The Kier molecular flexibility index (Phi) is 1.43. The minimum absolute atomic E-state index is 0.132. The number of hydrogen-bond acceptors (Lipinski definition) is 2. The van der Waals surface area contributed by atoms with Crippen LogP contribution in [0.15, 0.2) is 24.2 Å². The summed E-state index contributed by atoms with van der Waals surface area (Å²) in [6.45, 7) is 0. The average molecular weight is 140 g/mol. The first-order valence-electron chi connectivity index (χ1n) is 3.88. The summed E-state index contributed by atoms with van der Waals surface area (Å²) in [6.07, 6.45) is 0. The second-order valence-electron chi connectivity index (χ2n) is 1.71. The summed E-state index contributed by atoms with van der Waals surface area (Å²) in [5.41, 5.74) is 0. The number of methoxy groups -OCH3 is 2. The van der Waals surface area contributed by atoms with E-state index in [1.807, 2.05) is 0 Å². The van der Waals surface area contributed by atoms with Crippen molar-refractivity contribution in [2.24, 2.45) is 0 Å². The molecule has 1 rings (SSSR count). The van der Waals surface area contributed by atoms with Crippen molar-refractivity contribution in [1.82, 2.24) is 0 Å². The van der Waals surface area contributed by atoms with Crippen LogP contribution >= 0.6 is 0 Å². The largest absolute Gasteiger partial charge is 0.493 e. The van der Waals surface area contributed by atoms with Gasteiger partial charge in [0.25, 0.3) is 0 Å². The molecular weight excluding hydrogens is 128 g/mol. The highest BCUT2D eigenvalue weighted by Crippen LogP contribution is 2.24. The molecular formula is C8H10O2. The van der Waals surface area contributed by atoms with E-state index >= 15 is 0 Å². The van der Waals surface area contributed by atoms with Crippen molar-refractivity contribution in [3.05, 3.63) is 24.2 Å². The van der Waals surface area contributed by atoms with E-state index in [1.165, 1.54) is 26.4 Å². The fourth-order valence-electron chi connectivity index (χ4n) is 0.676. The van der Waals surface area contributed by atoms with Crippen LogP contribution in [0.1, 0.15) is 2.74 Å². The first kappa shape index (κ1) is 4.61. The fraction of sp³-hybridized carbons (Fsp3) is 0.250. The number of para-hydroxylation sites is 2. The molecule has 0 heterocycles. The van der Waals surface area contributed by atoms with Crippen molar-refractivity contribution in [1.29, 1.82) is 0 Å². The topological polar surface area (TPSA) is 18.5 Å². The summed E-state index contributed by atoms with van der Waals surface area (Å²) in [4.78, 5) is 0. The average Bonchev–Trinajstić information content (AvgIpc) is 2.09. The van der Waals surface area contributed by atoms with Crippen molar-refractivity contribution in [2.45, 2.75) is 0 Å². The molecule has 0 aliphatic rings. The van der Waals surface area contributed by atoms with Gasteiger partial charge in [0.1, 0.15) is 0 Å². The molecule has 54 valence electrons. The van der Waals surface area contributed by atoms with Gasteiger partial charge in [0.15, 0.2) is 11.5 Å². The Labute approximate surface area is 63.2 Å². The van der Waals surface area contributed by atoms with E-state index in [0.29, 0.717) is 11.5 Å². The molecule has 0 aliphatic heterocycles. The first-order chi connectivity index (χ1) is 5.69. The first-order valence-corrected chi connectivity index (χ1v) is 2.88. The molecule has 0 saturated carbocycles. The third kappa shape index (κ3) is 1.21. The van der Waals surface area contributed by atoms with E-state index in [4.69, 9.17) is 12.2 Å². The molecule has 0 aromatic heterocycles. The molecule has 0 bridgehead atoms. The van der Waals surface area contributed by atoms with Gasteiger partial charge in [0, 0.05) is 0 Å². The zero-order valence-corrected chi connectivity index (χ0v) is 5.97. The van der Waals surface area contributed by atoms with Gasteiger partial charge in [0.2, 0.25) is 0 Å². The predicted octanol–water partition coefficient (Wildman–Crippen LogP) is 1.70. The molecule has 1 aromatic carbocycles. The minimum Gasteiger partial charge on any atom is -0.493 e. The van der Waals surface area contributed by atoms with Crippen molar-refractivity contribution >= 4 is 0 Å². The van der Waals surface area contributed by atoms with Gasteiger partial charge in [-0.05, 0) is 12.1 Å². The molecule has 2 heteroatoms. The third-order valence-corrected chi connectivity index (χ3v) is 1.17. The molecule has 0 atom stereocenters. The Balaban J connectivity index is 3.19. The molecule has 10 heavy (non-hydrogen) atoms. The van der Waals surface area contributed by atoms with Crippen molar-refractivity contribution < 1.29 is 12.2 Å². The zero-order valence-electron chi connectivity index (χ0n) is 7.97. The van der Waals surface area contributed by atoms with E-state index < -0.39 is 0 Å². The SMILES string of the molecule is [2H]c1cc(OC)c(OC)cc1[2H]. The third-order valence-electron chi connectivity index (χ3n) is 1.17. The van der Waals surface area contributed by atoms with Crippen LogP contribution in [-0.4, -0.2) is 14.2 Å². The molecule has 0 aliphatic carbocycles. The van der Waals surface area contributed by atoms with Crippen LogP contribution in [0.25, 0.3) is 0 Å². The van der Waals surface area contributed by atoms with Crippen molar-refractivity contribution in [3.63, 3.8) is 0 Å². The maximum absolute atomic E-state index is 7.31. The number of rotatable bonds is 2. The van der Waals surface area contributed by atoms with Crippen LogP contribution < -0.4 is 9.47 Å². The Morgan fingerprint density at radius 1 is 1.10 bits per heavy atom. The smallest absolute Gasteiger partial charge is 0.160 e. The molecule has 1 aromatic rings. The van der Waals surface area contributed by atoms with Gasteiger partial charge < -0.3 is 9.47 Å². The maximum atomic E-state index is 7.31. The molecule has 0 amide bonds. The highest BCUT2D eigenvalue weighted by atomic mass is 16.5. The standard InChI is InChI=1S/C8H10O2/c1-9-7-5-3-4-6-8(7)10-2/h3-6H,1-2H3/i3D,4D. The van der Waals surface area contributed by atoms with E-state index in [2.05, 4.69) is 0 Å². The van der Waals surface area contributed by atoms with Crippen molar-refractivity contribution in [3.8, 4) is 11.5 Å². The molecule has 2 nitrogen and oxygen atoms in total. The van der Waals surface area contributed by atoms with E-state index in [0.717, 1.165) is 0 Å². The van der Waals surface area contributed by atoms with Gasteiger partial charge in [-0.2, -0.15) is 0 Å². The lowest BCUT2D eigenvalue weighted by Crippen LogP contribution is -1.88. The molecule has 0 fully saturated rings. The highest BCUT2D eigenvalue weighted by molar-refractivity contribution is 5.38. The molecule has 0 N–H and O–H groups in total. The minimum atomic E-state index is 0.132. The second-order valence-corrected chi connectivity index (χ2v) is 1.71. The molecule has 0 saturated heterocycles. The zero-order chi connectivity index (χ0) is 9.14. The van der Waals surface area contributed by atoms with Crippen LogP contribution in [0.4, 0.5) is 0 Å². The maximum Gasteiger partial charge on any atom is 0.160 e. The van der Waals surface area contributed by atoms with Crippen LogP contribution in [0.5, 0.6) is 11.5 Å². The Bertz CT molecular complexity index is 258. The molecule has 0 spiro atoms. The number of benzene rings is 1. The lowest BCUT2D eigenvalue weighted by atomic mass is 10.3. The summed E-state index contributed by atoms with van der Waals surface area (Å²) in [5.74, 6) is 0.969. The van der Waals surface area contributed by atoms with E-state index in [1.54, 1.807) is 0 Å². The normalized spacial score (nSPS) is 11.8. The monoisotopic (exact) mass is 140 g/mol. The molecule has 0 unspecified atom stereocenters. The van der Waals surface area contributed by atoms with Gasteiger partial charge in [-0.25, -0.2) is 0 Å². The van der Waals surface area contributed by atoms with Gasteiger partial charge in [-0.1, -0.05) is 12.1 Å². The van der Waals surface area contributed by atoms with Crippen LogP contribution in [0.3, 0.4) is 0 Å². The van der Waals surface area contributed by atoms with E-state index in [-0.39, 0.29) is 12.1 Å². The summed E-state index contributed by atoms with van der Waals surface area (Å²) in [7, 11) is 3.00.